The lowest BCUT2D eigenvalue weighted by molar-refractivity contribution is 0.222. The minimum Gasteiger partial charge on any atom is -0.444 e. The standard InChI is InChI=1S/C18H26N2O/c1-13-7-9-15(10-8-13)14(2)20(6)12-17-19-11-16(21-17)18(3,4)5/h7-11,14H,12H2,1-6H3/t14-/m0/s1. The number of oxazole rings is 1. The van der Waals surface area contributed by atoms with Crippen LogP contribution >= 0.6 is 0 Å². The van der Waals surface area contributed by atoms with Gasteiger partial charge in [0, 0.05) is 11.5 Å². The second-order valence-corrected chi connectivity index (χ2v) is 6.87. The maximum atomic E-state index is 5.87. The average molecular weight is 286 g/mol. The van der Waals surface area contributed by atoms with E-state index in [0.29, 0.717) is 12.6 Å². The van der Waals surface area contributed by atoms with Crippen LogP contribution in [-0.4, -0.2) is 16.9 Å². The van der Waals surface area contributed by atoms with E-state index in [0.717, 1.165) is 11.7 Å². The molecule has 3 nitrogen and oxygen atoms in total. The van der Waals surface area contributed by atoms with Crippen LogP contribution in [0.1, 0.15) is 56.5 Å². The Morgan fingerprint density at radius 2 is 1.81 bits per heavy atom. The Bertz CT molecular complexity index is 578. The van der Waals surface area contributed by atoms with Crippen LogP contribution in [0, 0.1) is 6.92 Å². The van der Waals surface area contributed by atoms with Gasteiger partial charge >= 0.3 is 0 Å². The normalized spacial score (nSPS) is 13.7. The third-order valence-electron chi connectivity index (χ3n) is 3.90. The Morgan fingerprint density at radius 3 is 2.33 bits per heavy atom. The van der Waals surface area contributed by atoms with Crippen LogP contribution in [0.5, 0.6) is 0 Å². The van der Waals surface area contributed by atoms with Crippen LogP contribution in [-0.2, 0) is 12.0 Å². The first kappa shape index (κ1) is 15.8. The van der Waals surface area contributed by atoms with Gasteiger partial charge in [0.1, 0.15) is 5.76 Å². The molecule has 2 aromatic rings. The molecule has 2 rings (SSSR count). The molecule has 0 aliphatic rings. The third-order valence-corrected chi connectivity index (χ3v) is 3.90. The van der Waals surface area contributed by atoms with Crippen molar-refractivity contribution in [2.75, 3.05) is 7.05 Å². The molecule has 0 spiro atoms. The molecule has 0 unspecified atom stereocenters. The van der Waals surface area contributed by atoms with Crippen LogP contribution < -0.4 is 0 Å². The van der Waals surface area contributed by atoms with E-state index in [1.807, 2.05) is 6.20 Å². The summed E-state index contributed by atoms with van der Waals surface area (Å²) >= 11 is 0. The van der Waals surface area contributed by atoms with Crippen molar-refractivity contribution in [3.8, 4) is 0 Å². The number of aromatic nitrogens is 1. The van der Waals surface area contributed by atoms with Gasteiger partial charge in [0.05, 0.1) is 12.7 Å². The quantitative estimate of drug-likeness (QED) is 0.830. The predicted molar refractivity (Wildman–Crippen MR) is 86.3 cm³/mol. The second kappa shape index (κ2) is 6.02. The Hall–Kier alpha value is -1.61. The number of benzene rings is 1. The van der Waals surface area contributed by atoms with E-state index in [1.165, 1.54) is 11.1 Å². The van der Waals surface area contributed by atoms with Crippen LogP contribution in [0.25, 0.3) is 0 Å². The van der Waals surface area contributed by atoms with Crippen molar-refractivity contribution in [3.63, 3.8) is 0 Å². The van der Waals surface area contributed by atoms with E-state index < -0.39 is 0 Å². The van der Waals surface area contributed by atoms with Crippen LogP contribution in [0.3, 0.4) is 0 Å². The fourth-order valence-electron chi connectivity index (χ4n) is 2.18. The van der Waals surface area contributed by atoms with Crippen molar-refractivity contribution in [2.45, 2.75) is 52.6 Å². The smallest absolute Gasteiger partial charge is 0.208 e. The van der Waals surface area contributed by atoms with Crippen molar-refractivity contribution in [1.82, 2.24) is 9.88 Å². The summed E-state index contributed by atoms with van der Waals surface area (Å²) in [5.41, 5.74) is 2.61. The summed E-state index contributed by atoms with van der Waals surface area (Å²) in [5, 5.41) is 0. The number of rotatable bonds is 4. The maximum absolute atomic E-state index is 5.87. The first-order chi connectivity index (χ1) is 9.77. The summed E-state index contributed by atoms with van der Waals surface area (Å²) in [5.74, 6) is 1.72. The zero-order valence-corrected chi connectivity index (χ0v) is 14.0. The van der Waals surface area contributed by atoms with E-state index in [9.17, 15) is 0 Å². The molecule has 3 heteroatoms. The molecule has 0 saturated carbocycles. The highest BCUT2D eigenvalue weighted by Crippen LogP contribution is 2.25. The van der Waals surface area contributed by atoms with Gasteiger partial charge in [-0.2, -0.15) is 0 Å². The highest BCUT2D eigenvalue weighted by atomic mass is 16.4. The maximum Gasteiger partial charge on any atom is 0.208 e. The minimum absolute atomic E-state index is 0.00634. The van der Waals surface area contributed by atoms with Gasteiger partial charge in [-0.25, -0.2) is 4.98 Å². The van der Waals surface area contributed by atoms with Crippen LogP contribution in [0.4, 0.5) is 0 Å². The molecule has 114 valence electrons. The van der Waals surface area contributed by atoms with Crippen molar-refractivity contribution >= 4 is 0 Å². The molecule has 0 aliphatic heterocycles. The Kier molecular flexibility index (Phi) is 4.52. The van der Waals surface area contributed by atoms with Gasteiger partial charge in [-0.15, -0.1) is 0 Å². The van der Waals surface area contributed by atoms with E-state index in [-0.39, 0.29) is 5.41 Å². The lowest BCUT2D eigenvalue weighted by atomic mass is 9.94. The molecule has 1 atom stereocenters. The molecule has 0 N–H and O–H groups in total. The van der Waals surface area contributed by atoms with Gasteiger partial charge in [0.2, 0.25) is 5.89 Å². The Labute approximate surface area is 128 Å². The predicted octanol–water partition coefficient (Wildman–Crippen LogP) is 4.47. The van der Waals surface area contributed by atoms with Gasteiger partial charge in [0.15, 0.2) is 0 Å². The Balaban J connectivity index is 2.05. The summed E-state index contributed by atoms with van der Waals surface area (Å²) in [6.07, 6.45) is 1.85. The first-order valence-corrected chi connectivity index (χ1v) is 7.49. The van der Waals surface area contributed by atoms with Crippen molar-refractivity contribution in [3.05, 3.63) is 53.2 Å². The summed E-state index contributed by atoms with van der Waals surface area (Å²) < 4.78 is 5.87. The third kappa shape index (κ3) is 3.94. The molecule has 21 heavy (non-hydrogen) atoms. The number of nitrogens with zero attached hydrogens (tertiary/aromatic N) is 2. The van der Waals surface area contributed by atoms with Gasteiger partial charge < -0.3 is 4.42 Å². The molecular formula is C18H26N2O. The molecule has 0 bridgehead atoms. The molecule has 0 amide bonds. The highest BCUT2D eigenvalue weighted by molar-refractivity contribution is 5.23. The first-order valence-electron chi connectivity index (χ1n) is 7.49. The SMILES string of the molecule is Cc1ccc([C@H](C)N(C)Cc2ncc(C(C)(C)C)o2)cc1. The summed E-state index contributed by atoms with van der Waals surface area (Å²) in [6.45, 7) is 11.4. The molecule has 0 radical (unpaired) electrons. The molecule has 0 aliphatic carbocycles. The van der Waals surface area contributed by atoms with Crippen molar-refractivity contribution < 1.29 is 4.42 Å². The number of hydrogen-bond acceptors (Lipinski definition) is 3. The summed E-state index contributed by atoms with van der Waals surface area (Å²) in [4.78, 5) is 6.66. The zero-order valence-electron chi connectivity index (χ0n) is 14.0. The van der Waals surface area contributed by atoms with Crippen molar-refractivity contribution in [1.29, 1.82) is 0 Å². The van der Waals surface area contributed by atoms with E-state index in [2.05, 4.69) is 75.8 Å². The molecule has 1 aromatic carbocycles. The van der Waals surface area contributed by atoms with Gasteiger partial charge in [-0.05, 0) is 26.5 Å². The summed E-state index contributed by atoms with van der Waals surface area (Å²) in [6, 6.07) is 9.01. The molecule has 1 aromatic heterocycles. The minimum atomic E-state index is 0.00634. The van der Waals surface area contributed by atoms with Crippen LogP contribution in [0.2, 0.25) is 0 Å². The monoisotopic (exact) mass is 286 g/mol. The molecule has 1 heterocycles. The van der Waals surface area contributed by atoms with Crippen molar-refractivity contribution in [2.24, 2.45) is 0 Å². The van der Waals surface area contributed by atoms with E-state index >= 15 is 0 Å². The molecule has 0 fully saturated rings. The van der Waals surface area contributed by atoms with Gasteiger partial charge in [0.25, 0.3) is 0 Å². The Morgan fingerprint density at radius 1 is 1.19 bits per heavy atom. The van der Waals surface area contributed by atoms with Crippen LogP contribution in [0.15, 0.2) is 34.9 Å². The lowest BCUT2D eigenvalue weighted by Crippen LogP contribution is -2.22. The van der Waals surface area contributed by atoms with E-state index in [4.69, 9.17) is 4.42 Å². The van der Waals surface area contributed by atoms with E-state index in [1.54, 1.807) is 0 Å². The lowest BCUT2D eigenvalue weighted by Gasteiger charge is -2.24. The number of aryl methyl sites for hydroxylation is 1. The number of hydrogen-bond donors (Lipinski definition) is 0. The van der Waals surface area contributed by atoms with Gasteiger partial charge in [-0.3, -0.25) is 4.90 Å². The van der Waals surface area contributed by atoms with Gasteiger partial charge in [-0.1, -0.05) is 50.6 Å². The molecule has 0 saturated heterocycles. The highest BCUT2D eigenvalue weighted by Gasteiger charge is 2.20. The largest absolute Gasteiger partial charge is 0.444 e. The molecular weight excluding hydrogens is 260 g/mol. The fourth-order valence-corrected chi connectivity index (χ4v) is 2.18. The average Bonchev–Trinajstić information content (AvgIpc) is 2.87. The fraction of sp³-hybridized carbons (Fsp3) is 0.500. The topological polar surface area (TPSA) is 29.3 Å². The summed E-state index contributed by atoms with van der Waals surface area (Å²) in [7, 11) is 2.10. The zero-order chi connectivity index (χ0) is 15.6. The second-order valence-electron chi connectivity index (χ2n) is 6.87.